The first-order valence-corrected chi connectivity index (χ1v) is 6.97. The minimum Gasteiger partial charge on any atom is -0.377 e. The second-order valence-electron chi connectivity index (χ2n) is 6.40. The van der Waals surface area contributed by atoms with Crippen molar-refractivity contribution in [1.29, 1.82) is 0 Å². The highest BCUT2D eigenvalue weighted by Gasteiger charge is 2.36. The topological polar surface area (TPSA) is 35.2 Å². The molecule has 2 unspecified atom stereocenters. The van der Waals surface area contributed by atoms with Gasteiger partial charge in [0.05, 0.1) is 6.10 Å². The third-order valence-corrected chi connectivity index (χ3v) is 4.70. The van der Waals surface area contributed by atoms with Crippen LogP contribution in [-0.4, -0.2) is 18.8 Å². The van der Waals surface area contributed by atoms with Crippen molar-refractivity contribution < 1.29 is 4.74 Å². The summed E-state index contributed by atoms with van der Waals surface area (Å²) < 4.78 is 6.01. The van der Waals surface area contributed by atoms with Crippen molar-refractivity contribution in [3.63, 3.8) is 0 Å². The van der Waals surface area contributed by atoms with E-state index in [1.165, 1.54) is 38.5 Å². The summed E-state index contributed by atoms with van der Waals surface area (Å²) in [5.41, 5.74) is 6.56. The van der Waals surface area contributed by atoms with Crippen molar-refractivity contribution in [2.24, 2.45) is 17.1 Å². The summed E-state index contributed by atoms with van der Waals surface area (Å²) in [5, 5.41) is 0. The van der Waals surface area contributed by atoms with Gasteiger partial charge in [-0.05, 0) is 30.6 Å². The van der Waals surface area contributed by atoms with E-state index in [9.17, 15) is 0 Å². The summed E-state index contributed by atoms with van der Waals surface area (Å²) in [7, 11) is 0. The molecule has 2 nitrogen and oxygen atoms in total. The molecule has 2 heteroatoms. The molecule has 0 saturated heterocycles. The van der Waals surface area contributed by atoms with Crippen molar-refractivity contribution in [2.75, 3.05) is 6.61 Å². The second kappa shape index (κ2) is 5.05. The maximum Gasteiger partial charge on any atom is 0.0731 e. The van der Waals surface area contributed by atoms with E-state index in [1.807, 2.05) is 0 Å². The number of hydrogen-bond donors (Lipinski definition) is 1. The Morgan fingerprint density at radius 1 is 1.19 bits per heavy atom. The first-order chi connectivity index (χ1) is 7.59. The minimum atomic E-state index is 0.225. The van der Waals surface area contributed by atoms with Crippen LogP contribution >= 0.6 is 0 Å². The van der Waals surface area contributed by atoms with Crippen LogP contribution in [-0.2, 0) is 4.74 Å². The Balaban J connectivity index is 1.71. The first-order valence-electron chi connectivity index (χ1n) is 6.97. The predicted octanol–water partition coefficient (Wildman–Crippen LogP) is 3.10. The van der Waals surface area contributed by atoms with Crippen LogP contribution in [0.25, 0.3) is 0 Å². The molecule has 2 N–H and O–H groups in total. The molecular formula is C14H27NO. The van der Waals surface area contributed by atoms with Crippen molar-refractivity contribution in [3.05, 3.63) is 0 Å². The summed E-state index contributed by atoms with van der Waals surface area (Å²) in [4.78, 5) is 0. The van der Waals surface area contributed by atoms with Gasteiger partial charge < -0.3 is 10.5 Å². The highest BCUT2D eigenvalue weighted by atomic mass is 16.5. The van der Waals surface area contributed by atoms with Crippen LogP contribution in [0.1, 0.15) is 58.8 Å². The van der Waals surface area contributed by atoms with Crippen molar-refractivity contribution in [2.45, 2.75) is 70.9 Å². The Labute approximate surface area is 99.9 Å². The molecule has 2 aliphatic carbocycles. The van der Waals surface area contributed by atoms with Crippen LogP contribution in [0.15, 0.2) is 0 Å². The quantitative estimate of drug-likeness (QED) is 0.798. The molecule has 0 aromatic carbocycles. The molecular weight excluding hydrogens is 198 g/mol. The zero-order chi connectivity index (χ0) is 11.6. The van der Waals surface area contributed by atoms with Gasteiger partial charge in [0.15, 0.2) is 0 Å². The predicted molar refractivity (Wildman–Crippen MR) is 67.3 cm³/mol. The van der Waals surface area contributed by atoms with E-state index in [1.54, 1.807) is 0 Å². The number of nitrogens with two attached hydrogens (primary N) is 1. The largest absolute Gasteiger partial charge is 0.377 e. The van der Waals surface area contributed by atoms with Crippen molar-refractivity contribution >= 4 is 0 Å². The van der Waals surface area contributed by atoms with Gasteiger partial charge in [-0.15, -0.1) is 0 Å². The maximum atomic E-state index is 6.30. The lowest BCUT2D eigenvalue weighted by molar-refractivity contribution is -0.0312. The highest BCUT2D eigenvalue weighted by molar-refractivity contribution is 4.92. The minimum absolute atomic E-state index is 0.225. The van der Waals surface area contributed by atoms with Gasteiger partial charge in [0, 0.05) is 12.6 Å². The van der Waals surface area contributed by atoms with Crippen LogP contribution in [0.4, 0.5) is 0 Å². The molecule has 0 heterocycles. The lowest BCUT2D eigenvalue weighted by Gasteiger charge is -2.41. The summed E-state index contributed by atoms with van der Waals surface area (Å²) >= 11 is 0. The third kappa shape index (κ3) is 2.78. The average molecular weight is 225 g/mol. The molecule has 2 fully saturated rings. The third-order valence-electron chi connectivity index (χ3n) is 4.70. The van der Waals surface area contributed by atoms with E-state index in [4.69, 9.17) is 10.5 Å². The molecule has 0 radical (unpaired) electrons. The van der Waals surface area contributed by atoms with Gasteiger partial charge in [0.1, 0.15) is 0 Å². The number of hydrogen-bond acceptors (Lipinski definition) is 2. The lowest BCUT2D eigenvalue weighted by Crippen LogP contribution is -2.50. The van der Waals surface area contributed by atoms with Crippen molar-refractivity contribution in [3.8, 4) is 0 Å². The Morgan fingerprint density at radius 2 is 1.94 bits per heavy atom. The molecule has 2 atom stereocenters. The Kier molecular flexibility index (Phi) is 3.91. The van der Waals surface area contributed by atoms with Gasteiger partial charge in [0.25, 0.3) is 0 Å². The molecule has 0 spiro atoms. The zero-order valence-corrected chi connectivity index (χ0v) is 10.9. The number of rotatable bonds is 4. The van der Waals surface area contributed by atoms with Gasteiger partial charge in [-0.3, -0.25) is 0 Å². The van der Waals surface area contributed by atoms with E-state index in [0.29, 0.717) is 6.10 Å². The smallest absolute Gasteiger partial charge is 0.0731 e. The Morgan fingerprint density at radius 3 is 2.56 bits per heavy atom. The molecule has 0 amide bonds. The summed E-state index contributed by atoms with van der Waals surface area (Å²) in [6.45, 7) is 5.48. The summed E-state index contributed by atoms with van der Waals surface area (Å²) in [6, 6.07) is 0.225. The van der Waals surface area contributed by atoms with E-state index in [-0.39, 0.29) is 11.5 Å². The fourth-order valence-electron chi connectivity index (χ4n) is 2.96. The average Bonchev–Trinajstić information content (AvgIpc) is 2.16. The molecule has 2 rings (SSSR count). The fourth-order valence-corrected chi connectivity index (χ4v) is 2.96. The standard InChI is InChI=1S/C14H27NO/c1-14(2)9-4-7-12(13(14)15)16-10-8-11-5-3-6-11/h11-13H,3-10,15H2,1-2H3. The summed E-state index contributed by atoms with van der Waals surface area (Å²) in [5.74, 6) is 0.952. The molecule has 0 aromatic rings. The second-order valence-corrected chi connectivity index (χ2v) is 6.40. The molecule has 16 heavy (non-hydrogen) atoms. The molecule has 0 bridgehead atoms. The van der Waals surface area contributed by atoms with E-state index < -0.39 is 0 Å². The van der Waals surface area contributed by atoms with E-state index in [0.717, 1.165) is 18.9 Å². The number of ether oxygens (including phenoxy) is 1. The van der Waals surface area contributed by atoms with Crippen LogP contribution < -0.4 is 5.73 Å². The maximum absolute atomic E-state index is 6.30. The molecule has 0 aromatic heterocycles. The SMILES string of the molecule is CC1(C)CCCC(OCCC2CCC2)C1N. The molecule has 2 saturated carbocycles. The van der Waals surface area contributed by atoms with E-state index in [2.05, 4.69) is 13.8 Å². The van der Waals surface area contributed by atoms with Crippen molar-refractivity contribution in [1.82, 2.24) is 0 Å². The van der Waals surface area contributed by atoms with Gasteiger partial charge in [-0.1, -0.05) is 39.5 Å². The lowest BCUT2D eigenvalue weighted by atomic mass is 9.72. The van der Waals surface area contributed by atoms with Crippen LogP contribution in [0.3, 0.4) is 0 Å². The fraction of sp³-hybridized carbons (Fsp3) is 1.00. The van der Waals surface area contributed by atoms with Crippen LogP contribution in [0, 0.1) is 11.3 Å². The van der Waals surface area contributed by atoms with E-state index >= 15 is 0 Å². The highest BCUT2D eigenvalue weighted by Crippen LogP contribution is 2.36. The zero-order valence-electron chi connectivity index (χ0n) is 10.9. The normalized spacial score (nSPS) is 34.7. The first kappa shape index (κ1) is 12.4. The Bertz CT molecular complexity index is 223. The molecule has 0 aliphatic heterocycles. The Hall–Kier alpha value is -0.0800. The molecule has 94 valence electrons. The monoisotopic (exact) mass is 225 g/mol. The van der Waals surface area contributed by atoms with Gasteiger partial charge in [0.2, 0.25) is 0 Å². The van der Waals surface area contributed by atoms with Crippen LogP contribution in [0.2, 0.25) is 0 Å². The van der Waals surface area contributed by atoms with Gasteiger partial charge in [-0.25, -0.2) is 0 Å². The molecule has 2 aliphatic rings. The van der Waals surface area contributed by atoms with Gasteiger partial charge in [-0.2, -0.15) is 0 Å². The summed E-state index contributed by atoms with van der Waals surface area (Å²) in [6.07, 6.45) is 9.52. The van der Waals surface area contributed by atoms with Gasteiger partial charge >= 0.3 is 0 Å². The van der Waals surface area contributed by atoms with Crippen LogP contribution in [0.5, 0.6) is 0 Å².